The Labute approximate surface area is 121 Å². The second-order valence-corrected chi connectivity index (χ2v) is 3.96. The van der Waals surface area contributed by atoms with E-state index >= 15 is 0 Å². The van der Waals surface area contributed by atoms with Gasteiger partial charge in [-0.3, -0.25) is 10.1 Å². The lowest BCUT2D eigenvalue weighted by Crippen LogP contribution is -1.89. The molecule has 0 aliphatic heterocycles. The molecular weight excluding hydrogens is 270 g/mol. The first-order valence-corrected chi connectivity index (χ1v) is 5.77. The highest BCUT2D eigenvalue weighted by atomic mass is 16.6. The van der Waals surface area contributed by atoms with Crippen molar-refractivity contribution in [1.29, 1.82) is 0 Å². The second kappa shape index (κ2) is 7.31. The Morgan fingerprint density at radius 3 is 2.19 bits per heavy atom. The Morgan fingerprint density at radius 2 is 1.76 bits per heavy atom. The number of hydrogen-bond donors (Lipinski definition) is 0. The highest BCUT2D eigenvalue weighted by molar-refractivity contribution is 5.48. The fourth-order valence-corrected chi connectivity index (χ4v) is 1.36. The van der Waals surface area contributed by atoms with E-state index in [0.29, 0.717) is 11.4 Å². The molecule has 0 unspecified atom stereocenters. The average Bonchev–Trinajstić information content (AvgIpc) is 2.48. The molecule has 0 bridgehead atoms. The van der Waals surface area contributed by atoms with Crippen molar-refractivity contribution in [3.63, 3.8) is 0 Å². The van der Waals surface area contributed by atoms with Crippen LogP contribution in [0.5, 0.6) is 0 Å². The van der Waals surface area contributed by atoms with Crippen LogP contribution in [0.2, 0.25) is 0 Å². The first-order chi connectivity index (χ1) is 9.99. The van der Waals surface area contributed by atoms with Gasteiger partial charge in [0, 0.05) is 6.07 Å². The van der Waals surface area contributed by atoms with Gasteiger partial charge < -0.3 is 9.69 Å². The van der Waals surface area contributed by atoms with Gasteiger partial charge >= 0.3 is 5.69 Å². The van der Waals surface area contributed by atoms with Gasteiger partial charge in [-0.1, -0.05) is 19.2 Å². The average molecular weight is 281 g/mol. The summed E-state index contributed by atoms with van der Waals surface area (Å²) in [6.45, 7) is 16.8. The molecule has 0 saturated heterocycles. The zero-order valence-electron chi connectivity index (χ0n) is 11.4. The van der Waals surface area contributed by atoms with Crippen LogP contribution in [0.25, 0.3) is 9.69 Å². The SMILES string of the molecule is [C-]#[N+]c1ncc([N+](=O)[O-])cc1C.[C-]#[N+]c1ncccc1C. The highest BCUT2D eigenvalue weighted by Crippen LogP contribution is 2.19. The highest BCUT2D eigenvalue weighted by Gasteiger charge is 2.10. The molecule has 0 N–H and O–H groups in total. The zero-order chi connectivity index (χ0) is 15.8. The number of aryl methyl sites for hydroxylation is 2. The summed E-state index contributed by atoms with van der Waals surface area (Å²) in [5.74, 6) is 0.707. The maximum Gasteiger partial charge on any atom is 0.309 e. The number of hydrogen-bond acceptors (Lipinski definition) is 4. The molecule has 0 aliphatic rings. The molecule has 0 atom stereocenters. The first-order valence-electron chi connectivity index (χ1n) is 5.77. The largest absolute Gasteiger partial charge is 0.360 e. The molecule has 0 saturated carbocycles. The van der Waals surface area contributed by atoms with Gasteiger partial charge in [0.25, 0.3) is 11.6 Å². The van der Waals surface area contributed by atoms with E-state index in [1.54, 1.807) is 13.1 Å². The Hall–Kier alpha value is -3.32. The minimum Gasteiger partial charge on any atom is -0.360 e. The molecule has 0 aromatic carbocycles. The van der Waals surface area contributed by atoms with Gasteiger partial charge in [-0.05, 0) is 31.0 Å². The standard InChI is InChI=1S/C7H5N3O2.C7H6N2/c1-5-3-6(10(11)12)4-9-7(5)8-2;1-6-4-3-5-9-7(6)8-2/h3-4H,1H3;3-5H,1H3. The third-order valence-corrected chi connectivity index (χ3v) is 2.44. The van der Waals surface area contributed by atoms with Gasteiger partial charge in [-0.25, -0.2) is 0 Å². The summed E-state index contributed by atoms with van der Waals surface area (Å²) in [6.07, 6.45) is 2.71. The molecule has 0 spiro atoms. The van der Waals surface area contributed by atoms with Gasteiger partial charge in [-0.15, -0.1) is 9.97 Å². The summed E-state index contributed by atoms with van der Waals surface area (Å²) in [5, 5.41) is 10.2. The van der Waals surface area contributed by atoms with Crippen molar-refractivity contribution in [1.82, 2.24) is 9.97 Å². The van der Waals surface area contributed by atoms with Crippen molar-refractivity contribution >= 4 is 17.3 Å². The normalized spacial score (nSPS) is 8.76. The molecule has 2 aromatic heterocycles. The van der Waals surface area contributed by atoms with Crippen molar-refractivity contribution in [2.45, 2.75) is 13.8 Å². The summed E-state index contributed by atoms with van der Waals surface area (Å²) in [6, 6.07) is 5.03. The molecule has 0 fully saturated rings. The Kier molecular flexibility index (Phi) is 5.48. The predicted molar refractivity (Wildman–Crippen MR) is 77.1 cm³/mol. The van der Waals surface area contributed by atoms with Gasteiger partial charge in [-0.2, -0.15) is 0 Å². The van der Waals surface area contributed by atoms with E-state index < -0.39 is 4.92 Å². The number of rotatable bonds is 1. The molecule has 2 rings (SSSR count). The van der Waals surface area contributed by atoms with Crippen LogP contribution in [0.3, 0.4) is 0 Å². The number of pyridine rings is 2. The summed E-state index contributed by atoms with van der Waals surface area (Å²) in [7, 11) is 0. The summed E-state index contributed by atoms with van der Waals surface area (Å²) < 4.78 is 0. The third kappa shape index (κ3) is 4.37. The lowest BCUT2D eigenvalue weighted by molar-refractivity contribution is -0.385. The minimum absolute atomic E-state index is 0.0834. The fourth-order valence-electron chi connectivity index (χ4n) is 1.36. The molecule has 21 heavy (non-hydrogen) atoms. The van der Waals surface area contributed by atoms with E-state index in [0.717, 1.165) is 11.8 Å². The van der Waals surface area contributed by atoms with Gasteiger partial charge in [0.1, 0.15) is 6.20 Å². The molecular formula is C14H11N5O2. The van der Waals surface area contributed by atoms with Crippen LogP contribution in [-0.2, 0) is 0 Å². The molecule has 7 nitrogen and oxygen atoms in total. The van der Waals surface area contributed by atoms with Crippen molar-refractivity contribution in [3.05, 3.63) is 74.7 Å². The molecule has 0 radical (unpaired) electrons. The number of nitro groups is 1. The maximum absolute atomic E-state index is 10.2. The third-order valence-electron chi connectivity index (χ3n) is 2.44. The van der Waals surface area contributed by atoms with Crippen molar-refractivity contribution < 1.29 is 4.92 Å². The lowest BCUT2D eigenvalue weighted by Gasteiger charge is -1.93. The van der Waals surface area contributed by atoms with Crippen LogP contribution in [0.4, 0.5) is 17.3 Å². The van der Waals surface area contributed by atoms with E-state index in [1.807, 2.05) is 19.1 Å². The number of aromatic nitrogens is 2. The number of nitrogens with zero attached hydrogens (tertiary/aromatic N) is 5. The van der Waals surface area contributed by atoms with Crippen LogP contribution in [0.1, 0.15) is 11.1 Å². The van der Waals surface area contributed by atoms with Crippen molar-refractivity contribution in [2.75, 3.05) is 0 Å². The summed E-state index contributed by atoms with van der Waals surface area (Å²) >= 11 is 0. The Bertz CT molecular complexity index is 744. The molecule has 104 valence electrons. The topological polar surface area (TPSA) is 77.6 Å². The quantitative estimate of drug-likeness (QED) is 0.452. The maximum atomic E-state index is 10.2. The monoisotopic (exact) mass is 281 g/mol. The molecule has 0 amide bonds. The summed E-state index contributed by atoms with van der Waals surface area (Å²) in [5.41, 5.74) is 1.38. The van der Waals surface area contributed by atoms with Gasteiger partial charge in [0.05, 0.1) is 4.92 Å². The molecule has 2 aromatic rings. The van der Waals surface area contributed by atoms with E-state index in [-0.39, 0.29) is 11.5 Å². The van der Waals surface area contributed by atoms with Crippen LogP contribution in [0, 0.1) is 37.1 Å². The summed E-state index contributed by atoms with van der Waals surface area (Å²) in [4.78, 5) is 23.5. The Balaban J connectivity index is 0.000000219. The van der Waals surface area contributed by atoms with Gasteiger partial charge in [0.15, 0.2) is 6.20 Å². The zero-order valence-corrected chi connectivity index (χ0v) is 11.4. The van der Waals surface area contributed by atoms with Crippen molar-refractivity contribution in [2.24, 2.45) is 0 Å². The van der Waals surface area contributed by atoms with Gasteiger partial charge in [0.2, 0.25) is 0 Å². The Morgan fingerprint density at radius 1 is 1.14 bits per heavy atom. The van der Waals surface area contributed by atoms with Crippen LogP contribution in [0.15, 0.2) is 30.6 Å². The van der Waals surface area contributed by atoms with Crippen molar-refractivity contribution in [3.8, 4) is 0 Å². The molecule has 7 heteroatoms. The van der Waals surface area contributed by atoms with E-state index in [4.69, 9.17) is 13.1 Å². The molecule has 2 heterocycles. The van der Waals surface area contributed by atoms with E-state index in [9.17, 15) is 10.1 Å². The van der Waals surface area contributed by atoms with Crippen LogP contribution >= 0.6 is 0 Å². The fraction of sp³-hybridized carbons (Fsp3) is 0.143. The first kappa shape index (κ1) is 15.7. The van der Waals surface area contributed by atoms with E-state index in [2.05, 4.69) is 19.7 Å². The van der Waals surface area contributed by atoms with E-state index in [1.165, 1.54) is 6.07 Å². The van der Waals surface area contributed by atoms with Crippen LogP contribution in [-0.4, -0.2) is 14.9 Å². The lowest BCUT2D eigenvalue weighted by atomic mass is 10.3. The second-order valence-electron chi connectivity index (χ2n) is 3.96. The minimum atomic E-state index is -0.534. The smallest absolute Gasteiger partial charge is 0.309 e. The predicted octanol–water partition coefficient (Wildman–Crippen LogP) is 3.79. The van der Waals surface area contributed by atoms with Crippen LogP contribution < -0.4 is 0 Å². The molecule has 0 aliphatic carbocycles.